The monoisotopic (exact) mass is 398 g/mol. The van der Waals surface area contributed by atoms with Crippen LogP contribution in [-0.2, 0) is 0 Å². The average molecular weight is 399 g/mol. The molecule has 0 bridgehead atoms. The maximum absolute atomic E-state index is 12.4. The van der Waals surface area contributed by atoms with Crippen LogP contribution in [0.1, 0.15) is 6.42 Å². The number of piperazine rings is 1. The zero-order chi connectivity index (χ0) is 19.3. The second kappa shape index (κ2) is 8.67. The lowest BCUT2D eigenvalue weighted by Gasteiger charge is -2.36. The topological polar surface area (TPSA) is 45.9 Å². The number of para-hydroxylation sites is 2. The molecule has 1 aliphatic rings. The Hall–Kier alpha value is -2.50. The summed E-state index contributed by atoms with van der Waals surface area (Å²) in [5.41, 5.74) is 1.57. The summed E-state index contributed by atoms with van der Waals surface area (Å²) in [6.45, 7) is 5.33. The second-order valence-electron chi connectivity index (χ2n) is 6.91. The number of ether oxygens (including phenoxy) is 1. The van der Waals surface area contributed by atoms with Gasteiger partial charge in [0.1, 0.15) is 11.8 Å². The van der Waals surface area contributed by atoms with Crippen LogP contribution >= 0.6 is 11.6 Å². The number of halogens is 1. The molecule has 1 aliphatic heterocycles. The maximum atomic E-state index is 12.4. The number of nitrogens with zero attached hydrogens (tertiary/aromatic N) is 2. The Labute approximate surface area is 169 Å². The molecule has 0 N–H and O–H groups in total. The fourth-order valence-corrected chi connectivity index (χ4v) is 3.81. The zero-order valence-electron chi connectivity index (χ0n) is 15.6. The third kappa shape index (κ3) is 4.16. The minimum atomic E-state index is -0.116. The van der Waals surface area contributed by atoms with Crippen molar-refractivity contribution in [3.63, 3.8) is 0 Å². The van der Waals surface area contributed by atoms with Crippen LogP contribution in [0.25, 0.3) is 11.0 Å². The van der Waals surface area contributed by atoms with Crippen molar-refractivity contribution in [1.82, 2.24) is 4.90 Å². The number of hydrogen-bond donors (Lipinski definition) is 0. The summed E-state index contributed by atoms with van der Waals surface area (Å²) in [7, 11) is 0. The summed E-state index contributed by atoms with van der Waals surface area (Å²) in [5.74, 6) is 0.280. The summed E-state index contributed by atoms with van der Waals surface area (Å²) >= 11 is 6.30. The normalized spacial score (nSPS) is 15.1. The number of benzene rings is 2. The summed E-state index contributed by atoms with van der Waals surface area (Å²) in [5, 5.41) is 1.36. The van der Waals surface area contributed by atoms with Gasteiger partial charge in [-0.1, -0.05) is 35.9 Å². The van der Waals surface area contributed by atoms with Crippen molar-refractivity contribution in [2.45, 2.75) is 6.42 Å². The Kier molecular flexibility index (Phi) is 5.84. The summed E-state index contributed by atoms with van der Waals surface area (Å²) in [4.78, 5) is 17.2. The Balaban J connectivity index is 1.24. The quantitative estimate of drug-likeness (QED) is 0.586. The van der Waals surface area contributed by atoms with E-state index in [0.717, 1.165) is 49.9 Å². The van der Waals surface area contributed by atoms with Crippen LogP contribution in [0.3, 0.4) is 0 Å². The van der Waals surface area contributed by atoms with E-state index in [1.807, 2.05) is 30.3 Å². The molecule has 1 aromatic heterocycles. The van der Waals surface area contributed by atoms with Gasteiger partial charge in [-0.2, -0.15) is 0 Å². The fraction of sp³-hybridized carbons (Fsp3) is 0.318. The first kappa shape index (κ1) is 18.8. The number of hydrogen-bond acceptors (Lipinski definition) is 5. The van der Waals surface area contributed by atoms with Crippen LogP contribution in [0, 0.1) is 0 Å². The molecule has 0 aliphatic carbocycles. The molecule has 0 spiro atoms. The SMILES string of the molecule is O=c1c(OCCCN2CCN(c3ccccc3Cl)CC2)coc2ccccc12. The highest BCUT2D eigenvalue weighted by Gasteiger charge is 2.18. The highest BCUT2D eigenvalue weighted by atomic mass is 35.5. The first-order chi connectivity index (χ1) is 13.7. The molecule has 2 heterocycles. The molecular formula is C22H23ClN2O3. The van der Waals surface area contributed by atoms with Gasteiger partial charge in [0.15, 0.2) is 0 Å². The molecule has 6 heteroatoms. The zero-order valence-corrected chi connectivity index (χ0v) is 16.4. The highest BCUT2D eigenvalue weighted by molar-refractivity contribution is 6.33. The fourth-order valence-electron chi connectivity index (χ4n) is 3.55. The van der Waals surface area contributed by atoms with Crippen molar-refractivity contribution in [2.24, 2.45) is 0 Å². The Morgan fingerprint density at radius 1 is 1.00 bits per heavy atom. The van der Waals surface area contributed by atoms with Crippen LogP contribution in [-0.4, -0.2) is 44.2 Å². The third-order valence-electron chi connectivity index (χ3n) is 5.09. The van der Waals surface area contributed by atoms with E-state index in [1.54, 1.807) is 12.1 Å². The molecule has 28 heavy (non-hydrogen) atoms. The molecule has 2 aromatic carbocycles. The minimum Gasteiger partial charge on any atom is -0.487 e. The van der Waals surface area contributed by atoms with Crippen LogP contribution < -0.4 is 15.1 Å². The Morgan fingerprint density at radius 2 is 1.75 bits per heavy atom. The van der Waals surface area contributed by atoms with E-state index in [4.69, 9.17) is 20.8 Å². The number of rotatable bonds is 6. The van der Waals surface area contributed by atoms with E-state index in [0.29, 0.717) is 17.6 Å². The predicted octanol–water partition coefficient (Wildman–Crippen LogP) is 4.04. The van der Waals surface area contributed by atoms with Gasteiger partial charge >= 0.3 is 0 Å². The van der Waals surface area contributed by atoms with Crippen molar-refractivity contribution in [2.75, 3.05) is 44.2 Å². The van der Waals surface area contributed by atoms with Gasteiger partial charge in [-0.25, -0.2) is 0 Å². The second-order valence-corrected chi connectivity index (χ2v) is 7.31. The van der Waals surface area contributed by atoms with E-state index in [9.17, 15) is 4.79 Å². The molecular weight excluding hydrogens is 376 g/mol. The van der Waals surface area contributed by atoms with Gasteiger partial charge in [-0.3, -0.25) is 9.69 Å². The molecule has 0 saturated carbocycles. The van der Waals surface area contributed by atoms with E-state index in [-0.39, 0.29) is 11.2 Å². The van der Waals surface area contributed by atoms with E-state index in [2.05, 4.69) is 15.9 Å². The van der Waals surface area contributed by atoms with Crippen molar-refractivity contribution in [3.8, 4) is 5.75 Å². The molecule has 0 unspecified atom stereocenters. The first-order valence-electron chi connectivity index (χ1n) is 9.57. The van der Waals surface area contributed by atoms with E-state index in [1.165, 1.54) is 6.26 Å². The summed E-state index contributed by atoms with van der Waals surface area (Å²) in [6, 6.07) is 15.2. The smallest absolute Gasteiger partial charge is 0.234 e. The largest absolute Gasteiger partial charge is 0.487 e. The molecule has 3 aromatic rings. The predicted molar refractivity (Wildman–Crippen MR) is 113 cm³/mol. The summed E-state index contributed by atoms with van der Waals surface area (Å²) < 4.78 is 11.2. The standard InChI is InChI=1S/C22H23ClN2O3/c23-18-7-2-3-8-19(18)25-13-11-24(12-14-25)10-5-15-27-21-16-28-20-9-4-1-6-17(20)22(21)26/h1-4,6-9,16H,5,10-15H2. The molecule has 1 saturated heterocycles. The van der Waals surface area contributed by atoms with Gasteiger partial charge in [0.05, 0.1) is 22.7 Å². The van der Waals surface area contributed by atoms with Crippen LogP contribution in [0.5, 0.6) is 5.75 Å². The first-order valence-corrected chi connectivity index (χ1v) is 9.95. The molecule has 4 rings (SSSR count). The molecule has 146 valence electrons. The van der Waals surface area contributed by atoms with Gasteiger partial charge in [0.2, 0.25) is 11.2 Å². The van der Waals surface area contributed by atoms with Gasteiger partial charge < -0.3 is 14.1 Å². The van der Waals surface area contributed by atoms with Gasteiger partial charge in [-0.05, 0) is 30.7 Å². The number of anilines is 1. The van der Waals surface area contributed by atoms with Crippen molar-refractivity contribution < 1.29 is 9.15 Å². The maximum Gasteiger partial charge on any atom is 0.234 e. The molecule has 0 atom stereocenters. The van der Waals surface area contributed by atoms with Crippen molar-refractivity contribution in [3.05, 3.63) is 70.0 Å². The Morgan fingerprint density at radius 3 is 2.57 bits per heavy atom. The lowest BCUT2D eigenvalue weighted by atomic mass is 10.2. The average Bonchev–Trinajstić information content (AvgIpc) is 2.74. The third-order valence-corrected chi connectivity index (χ3v) is 5.41. The minimum absolute atomic E-state index is 0.116. The van der Waals surface area contributed by atoms with Crippen LogP contribution in [0.2, 0.25) is 5.02 Å². The van der Waals surface area contributed by atoms with Crippen molar-refractivity contribution >= 4 is 28.3 Å². The van der Waals surface area contributed by atoms with Gasteiger partial charge in [0, 0.05) is 32.7 Å². The van der Waals surface area contributed by atoms with Crippen LogP contribution in [0.4, 0.5) is 5.69 Å². The van der Waals surface area contributed by atoms with E-state index >= 15 is 0 Å². The molecule has 5 nitrogen and oxygen atoms in total. The Bertz CT molecular complexity index is 996. The van der Waals surface area contributed by atoms with Crippen LogP contribution in [0.15, 0.2) is 64.0 Å². The lowest BCUT2D eigenvalue weighted by molar-refractivity contribution is 0.222. The van der Waals surface area contributed by atoms with Gasteiger partial charge in [-0.15, -0.1) is 0 Å². The lowest BCUT2D eigenvalue weighted by Crippen LogP contribution is -2.46. The van der Waals surface area contributed by atoms with Gasteiger partial charge in [0.25, 0.3) is 0 Å². The van der Waals surface area contributed by atoms with Crippen molar-refractivity contribution in [1.29, 1.82) is 0 Å². The molecule has 0 amide bonds. The summed E-state index contributed by atoms with van der Waals surface area (Å²) in [6.07, 6.45) is 2.27. The molecule has 1 fully saturated rings. The highest BCUT2D eigenvalue weighted by Crippen LogP contribution is 2.26. The van der Waals surface area contributed by atoms with E-state index < -0.39 is 0 Å². The number of fused-ring (bicyclic) bond motifs is 1. The molecule has 0 radical (unpaired) electrons.